The summed E-state index contributed by atoms with van der Waals surface area (Å²) >= 11 is 0. The van der Waals surface area contributed by atoms with Crippen LogP contribution in [-0.2, 0) is 28.7 Å². The highest BCUT2D eigenvalue weighted by Crippen LogP contribution is 2.31. The monoisotopic (exact) mass is 623 g/mol. The summed E-state index contributed by atoms with van der Waals surface area (Å²) in [6.07, 6.45) is -3.68. The minimum Gasteiger partial charge on any atom is -0.478 e. The normalized spacial score (nSPS) is 14.6. The van der Waals surface area contributed by atoms with Crippen molar-refractivity contribution in [2.45, 2.75) is 25.6 Å². The number of alkyl halides is 3. The lowest BCUT2D eigenvalue weighted by atomic mass is 10.1. The van der Waals surface area contributed by atoms with Crippen molar-refractivity contribution >= 4 is 23.3 Å². The highest BCUT2D eigenvalue weighted by molar-refractivity contribution is 5.97. The van der Waals surface area contributed by atoms with E-state index < -0.39 is 23.5 Å². The number of hydrogen-bond acceptors (Lipinski definition) is 6. The Bertz CT molecular complexity index is 1670. The summed E-state index contributed by atoms with van der Waals surface area (Å²) in [6, 6.07) is 18.8. The number of rotatable bonds is 11. The van der Waals surface area contributed by atoms with E-state index in [0.717, 1.165) is 29.7 Å². The molecule has 1 unspecified atom stereocenters. The zero-order valence-electron chi connectivity index (χ0n) is 23.9. The third kappa shape index (κ3) is 8.36. The Hall–Kier alpha value is -4.97. The standard InChI is InChI=1S/C33H29F4N3O5/c34-26-16-25(33(35,36)37)10-8-24(26)19-45-31-3-1-2-27(40-31)22-6-4-20(5-7-22)14-30(41)39-28-11-9-23(32(42)43)15-29(28)38-17-21-12-13-44-18-21/h1-11,15-16,21,38H,12-14,17-19H2,(H,39,41)(H,42,43). The highest BCUT2D eigenvalue weighted by atomic mass is 19.4. The van der Waals surface area contributed by atoms with Gasteiger partial charge in [-0.05, 0) is 48.4 Å². The number of pyridine rings is 1. The molecule has 2 heterocycles. The van der Waals surface area contributed by atoms with Crippen LogP contribution >= 0.6 is 0 Å². The fourth-order valence-corrected chi connectivity index (χ4v) is 4.75. The van der Waals surface area contributed by atoms with E-state index in [9.17, 15) is 32.3 Å². The molecule has 1 saturated heterocycles. The van der Waals surface area contributed by atoms with Gasteiger partial charge in [0.1, 0.15) is 12.4 Å². The molecule has 5 rings (SSSR count). The average Bonchev–Trinajstić information content (AvgIpc) is 3.54. The predicted molar refractivity (Wildman–Crippen MR) is 159 cm³/mol. The number of carbonyl (C=O) groups excluding carboxylic acids is 1. The first-order valence-electron chi connectivity index (χ1n) is 14.1. The average molecular weight is 624 g/mol. The number of benzene rings is 3. The second-order valence-electron chi connectivity index (χ2n) is 10.6. The Morgan fingerprint density at radius 2 is 1.80 bits per heavy atom. The fourth-order valence-electron chi connectivity index (χ4n) is 4.75. The summed E-state index contributed by atoms with van der Waals surface area (Å²) in [7, 11) is 0. The lowest BCUT2D eigenvalue weighted by Gasteiger charge is -2.16. The number of nitrogens with one attached hydrogen (secondary N) is 2. The van der Waals surface area contributed by atoms with Crippen molar-refractivity contribution in [1.82, 2.24) is 4.98 Å². The molecule has 1 amide bonds. The second kappa shape index (κ2) is 13.8. The van der Waals surface area contributed by atoms with Crippen LogP contribution in [0.2, 0.25) is 0 Å². The number of hydrogen-bond donors (Lipinski definition) is 3. The number of ether oxygens (including phenoxy) is 2. The largest absolute Gasteiger partial charge is 0.478 e. The van der Waals surface area contributed by atoms with Gasteiger partial charge in [0.2, 0.25) is 11.8 Å². The van der Waals surface area contributed by atoms with Crippen LogP contribution in [0.15, 0.2) is 78.9 Å². The molecule has 1 aliphatic rings. The Kier molecular flexibility index (Phi) is 9.62. The van der Waals surface area contributed by atoms with E-state index >= 15 is 0 Å². The molecule has 1 atom stereocenters. The minimum absolute atomic E-state index is 0.0398. The quantitative estimate of drug-likeness (QED) is 0.158. The van der Waals surface area contributed by atoms with E-state index in [2.05, 4.69) is 15.6 Å². The number of carbonyl (C=O) groups is 2. The molecule has 4 aromatic rings. The number of carboxylic acid groups (broad SMARTS) is 1. The second-order valence-corrected chi connectivity index (χ2v) is 10.6. The van der Waals surface area contributed by atoms with E-state index in [1.54, 1.807) is 48.5 Å². The smallest absolute Gasteiger partial charge is 0.416 e. The maximum atomic E-state index is 14.2. The minimum atomic E-state index is -4.64. The molecular formula is C33H29F4N3O5. The lowest BCUT2D eigenvalue weighted by Crippen LogP contribution is -2.19. The molecule has 1 fully saturated rings. The summed E-state index contributed by atoms with van der Waals surface area (Å²) < 4.78 is 63.5. The SMILES string of the molecule is O=C(Cc1ccc(-c2cccc(OCc3ccc(C(F)(F)F)cc3F)n2)cc1)Nc1ccc(C(=O)O)cc1NCC1CCOC1. The number of anilines is 2. The van der Waals surface area contributed by atoms with Crippen LogP contribution in [0.3, 0.4) is 0 Å². The third-order valence-corrected chi connectivity index (χ3v) is 7.24. The van der Waals surface area contributed by atoms with Gasteiger partial charge in [0.05, 0.1) is 41.2 Å². The summed E-state index contributed by atoms with van der Waals surface area (Å²) in [6.45, 7) is 1.59. The van der Waals surface area contributed by atoms with Gasteiger partial charge in [-0.2, -0.15) is 13.2 Å². The topological polar surface area (TPSA) is 110 Å². The number of halogens is 4. The van der Waals surface area contributed by atoms with Crippen molar-refractivity contribution in [3.8, 4) is 17.1 Å². The van der Waals surface area contributed by atoms with Crippen molar-refractivity contribution in [3.63, 3.8) is 0 Å². The maximum Gasteiger partial charge on any atom is 0.416 e. The molecule has 8 nitrogen and oxygen atoms in total. The Labute approximate surface area is 256 Å². The van der Waals surface area contributed by atoms with Gasteiger partial charge in [0, 0.05) is 36.3 Å². The summed E-state index contributed by atoms with van der Waals surface area (Å²) in [4.78, 5) is 28.8. The van der Waals surface area contributed by atoms with E-state index in [4.69, 9.17) is 9.47 Å². The molecule has 45 heavy (non-hydrogen) atoms. The van der Waals surface area contributed by atoms with Gasteiger partial charge in [-0.25, -0.2) is 14.2 Å². The third-order valence-electron chi connectivity index (χ3n) is 7.24. The number of amides is 1. The van der Waals surface area contributed by atoms with Gasteiger partial charge < -0.3 is 25.2 Å². The highest BCUT2D eigenvalue weighted by Gasteiger charge is 2.31. The molecule has 12 heteroatoms. The van der Waals surface area contributed by atoms with E-state index in [1.165, 1.54) is 12.1 Å². The molecule has 0 radical (unpaired) electrons. The van der Waals surface area contributed by atoms with Gasteiger partial charge >= 0.3 is 12.1 Å². The van der Waals surface area contributed by atoms with Crippen LogP contribution in [0.5, 0.6) is 5.88 Å². The fraction of sp³-hybridized carbons (Fsp3) is 0.242. The molecule has 0 spiro atoms. The van der Waals surface area contributed by atoms with Crippen LogP contribution in [-0.4, -0.2) is 41.7 Å². The van der Waals surface area contributed by atoms with Crippen molar-refractivity contribution in [2.24, 2.45) is 5.92 Å². The van der Waals surface area contributed by atoms with Crippen LogP contribution in [0.25, 0.3) is 11.3 Å². The first-order valence-corrected chi connectivity index (χ1v) is 14.1. The van der Waals surface area contributed by atoms with Crippen molar-refractivity contribution in [3.05, 3.63) is 107 Å². The summed E-state index contributed by atoms with van der Waals surface area (Å²) in [5.41, 5.74) is 1.95. The zero-order valence-corrected chi connectivity index (χ0v) is 23.9. The van der Waals surface area contributed by atoms with E-state index in [1.807, 2.05) is 0 Å². The van der Waals surface area contributed by atoms with E-state index in [-0.39, 0.29) is 35.9 Å². The molecular weight excluding hydrogens is 594 g/mol. The van der Waals surface area contributed by atoms with Crippen LogP contribution in [0.1, 0.15) is 33.5 Å². The molecule has 3 N–H and O–H groups in total. The molecule has 0 saturated carbocycles. The van der Waals surface area contributed by atoms with Crippen molar-refractivity contribution in [1.29, 1.82) is 0 Å². The Morgan fingerprint density at radius 1 is 1.00 bits per heavy atom. The molecule has 0 aliphatic carbocycles. The number of nitrogens with zero attached hydrogens (tertiary/aromatic N) is 1. The number of aromatic nitrogens is 1. The molecule has 3 aromatic carbocycles. The van der Waals surface area contributed by atoms with Crippen molar-refractivity contribution < 1.29 is 41.7 Å². The Morgan fingerprint density at radius 3 is 2.49 bits per heavy atom. The predicted octanol–water partition coefficient (Wildman–Crippen LogP) is 6.81. The Balaban J connectivity index is 1.20. The van der Waals surface area contributed by atoms with Crippen molar-refractivity contribution in [2.75, 3.05) is 30.4 Å². The maximum absolute atomic E-state index is 14.2. The number of carboxylic acids is 1. The zero-order chi connectivity index (χ0) is 32.0. The summed E-state index contributed by atoms with van der Waals surface area (Å²) in [5, 5.41) is 15.5. The number of aromatic carboxylic acids is 1. The summed E-state index contributed by atoms with van der Waals surface area (Å²) in [5.74, 6) is -1.93. The molecule has 1 aliphatic heterocycles. The lowest BCUT2D eigenvalue weighted by molar-refractivity contribution is -0.137. The molecule has 1 aromatic heterocycles. The van der Waals surface area contributed by atoms with Crippen LogP contribution in [0.4, 0.5) is 28.9 Å². The van der Waals surface area contributed by atoms with Gasteiger partial charge in [-0.3, -0.25) is 4.79 Å². The first kappa shape index (κ1) is 31.5. The van der Waals surface area contributed by atoms with Gasteiger partial charge in [-0.1, -0.05) is 36.4 Å². The molecule has 234 valence electrons. The van der Waals surface area contributed by atoms with E-state index in [0.29, 0.717) is 48.8 Å². The first-order chi connectivity index (χ1) is 21.5. The van der Waals surface area contributed by atoms with Gasteiger partial charge in [0.15, 0.2) is 0 Å². The van der Waals surface area contributed by atoms with Gasteiger partial charge in [0.25, 0.3) is 0 Å². The molecule has 0 bridgehead atoms. The van der Waals surface area contributed by atoms with Gasteiger partial charge in [-0.15, -0.1) is 0 Å². The van der Waals surface area contributed by atoms with Crippen LogP contribution in [0, 0.1) is 11.7 Å². The van der Waals surface area contributed by atoms with Crippen LogP contribution < -0.4 is 15.4 Å².